The van der Waals surface area contributed by atoms with E-state index in [0.29, 0.717) is 11.3 Å². The number of carbonyl (C=O) groups is 2. The number of amides is 2. The topological polar surface area (TPSA) is 70.2 Å². The van der Waals surface area contributed by atoms with Crippen LogP contribution in [0.2, 0.25) is 0 Å². The third kappa shape index (κ3) is 6.46. The van der Waals surface area contributed by atoms with Crippen LogP contribution in [0.1, 0.15) is 63.2 Å². The molecule has 0 radical (unpaired) electrons. The van der Waals surface area contributed by atoms with E-state index in [1.807, 2.05) is 26.8 Å². The molecule has 0 aromatic heterocycles. The second-order valence-electron chi connectivity index (χ2n) is 7.56. The van der Waals surface area contributed by atoms with E-state index in [2.05, 4.69) is 16.0 Å². The molecule has 3 N–H and O–H groups in total. The van der Waals surface area contributed by atoms with Gasteiger partial charge >= 0.3 is 0 Å². The van der Waals surface area contributed by atoms with Crippen LogP contribution < -0.4 is 16.0 Å². The Morgan fingerprint density at radius 3 is 2.44 bits per heavy atom. The van der Waals surface area contributed by atoms with E-state index >= 15 is 0 Å². The Hall–Kier alpha value is -1.95. The molecule has 136 valence electrons. The minimum Gasteiger partial charge on any atom is -0.347 e. The van der Waals surface area contributed by atoms with Crippen LogP contribution >= 0.6 is 12.2 Å². The number of rotatable bonds is 3. The largest absolute Gasteiger partial charge is 0.347 e. The van der Waals surface area contributed by atoms with E-state index < -0.39 is 0 Å². The van der Waals surface area contributed by atoms with Gasteiger partial charge in [0.05, 0.1) is 0 Å². The summed E-state index contributed by atoms with van der Waals surface area (Å²) in [5.74, 6) is -0.107. The molecule has 1 saturated carbocycles. The van der Waals surface area contributed by atoms with Crippen molar-refractivity contribution in [2.75, 3.05) is 5.32 Å². The molecule has 0 aliphatic heterocycles. The molecular weight excluding hydrogens is 334 g/mol. The molecule has 0 unspecified atom stereocenters. The van der Waals surface area contributed by atoms with E-state index in [1.165, 1.54) is 6.42 Å². The smallest absolute Gasteiger partial charge is 0.251 e. The lowest BCUT2D eigenvalue weighted by Crippen LogP contribution is -2.40. The molecule has 0 atom stereocenters. The van der Waals surface area contributed by atoms with Crippen LogP contribution in [-0.4, -0.2) is 22.5 Å². The van der Waals surface area contributed by atoms with Crippen molar-refractivity contribution in [3.05, 3.63) is 29.8 Å². The molecule has 0 bridgehead atoms. The summed E-state index contributed by atoms with van der Waals surface area (Å²) in [6.45, 7) is 5.80. The summed E-state index contributed by atoms with van der Waals surface area (Å²) in [6, 6.07) is 7.06. The number of hydrogen-bond acceptors (Lipinski definition) is 3. The molecular formula is C19H27N3O2S. The van der Waals surface area contributed by atoms with Crippen molar-refractivity contribution in [2.45, 2.75) is 58.4 Å². The van der Waals surface area contributed by atoms with E-state index in [0.717, 1.165) is 25.7 Å². The number of carbonyl (C=O) groups excluding carboxylic acids is 2. The van der Waals surface area contributed by atoms with Crippen LogP contribution in [0.4, 0.5) is 5.69 Å². The quantitative estimate of drug-likeness (QED) is 0.719. The first kappa shape index (κ1) is 19.4. The third-order valence-corrected chi connectivity index (χ3v) is 4.29. The first-order valence-electron chi connectivity index (χ1n) is 8.79. The van der Waals surface area contributed by atoms with Crippen molar-refractivity contribution >= 4 is 34.8 Å². The lowest BCUT2D eigenvalue weighted by molar-refractivity contribution is -0.124. The first-order chi connectivity index (χ1) is 11.7. The predicted molar refractivity (Wildman–Crippen MR) is 105 cm³/mol. The molecule has 1 aromatic carbocycles. The summed E-state index contributed by atoms with van der Waals surface area (Å²) in [6.07, 6.45) is 5.26. The predicted octanol–water partition coefficient (Wildman–Crippen LogP) is 3.61. The zero-order valence-electron chi connectivity index (χ0n) is 15.1. The van der Waals surface area contributed by atoms with Gasteiger partial charge in [-0.2, -0.15) is 0 Å². The van der Waals surface area contributed by atoms with Gasteiger partial charge in [0.25, 0.3) is 5.91 Å². The molecule has 6 heteroatoms. The number of anilines is 1. The summed E-state index contributed by atoms with van der Waals surface area (Å²) >= 11 is 5.23. The Morgan fingerprint density at radius 2 is 1.80 bits per heavy atom. The van der Waals surface area contributed by atoms with Gasteiger partial charge in [0.1, 0.15) is 0 Å². The van der Waals surface area contributed by atoms with Gasteiger partial charge in [-0.1, -0.05) is 25.3 Å². The Bertz CT molecular complexity index is 646. The average molecular weight is 362 g/mol. The maximum atomic E-state index is 12.2. The zero-order valence-corrected chi connectivity index (χ0v) is 16.0. The van der Waals surface area contributed by atoms with Gasteiger partial charge in [-0.3, -0.25) is 9.59 Å². The lowest BCUT2D eigenvalue weighted by atomic mass is 9.89. The van der Waals surface area contributed by atoms with E-state index in [-0.39, 0.29) is 28.4 Å². The molecule has 1 aliphatic carbocycles. The molecule has 0 spiro atoms. The van der Waals surface area contributed by atoms with Gasteiger partial charge in [-0.05, 0) is 64.0 Å². The molecule has 1 fully saturated rings. The monoisotopic (exact) mass is 361 g/mol. The van der Waals surface area contributed by atoms with Crippen molar-refractivity contribution in [2.24, 2.45) is 5.92 Å². The van der Waals surface area contributed by atoms with Crippen LogP contribution in [0.15, 0.2) is 24.3 Å². The van der Waals surface area contributed by atoms with Crippen molar-refractivity contribution in [1.29, 1.82) is 0 Å². The highest BCUT2D eigenvalue weighted by molar-refractivity contribution is 7.80. The average Bonchev–Trinajstić information content (AvgIpc) is 2.54. The molecule has 0 heterocycles. The van der Waals surface area contributed by atoms with Crippen LogP contribution in [-0.2, 0) is 4.79 Å². The summed E-state index contributed by atoms with van der Waals surface area (Å²) < 4.78 is 0. The Labute approximate surface area is 155 Å². The number of thiocarbonyl (C=S) groups is 1. The van der Waals surface area contributed by atoms with Crippen LogP contribution in [0.25, 0.3) is 0 Å². The standard InChI is InChI=1S/C19H27N3O2S/c1-19(2,3)22-17(24)14-10-7-11-15(12-14)20-18(25)21-16(23)13-8-5-4-6-9-13/h7,10-13H,4-6,8-9H2,1-3H3,(H,22,24)(H2,20,21,23,25). The fourth-order valence-corrected chi connectivity index (χ4v) is 3.11. The highest BCUT2D eigenvalue weighted by Gasteiger charge is 2.21. The highest BCUT2D eigenvalue weighted by atomic mass is 32.1. The number of benzene rings is 1. The SMILES string of the molecule is CC(C)(C)NC(=O)c1cccc(NC(=S)NC(=O)C2CCCCC2)c1. The number of nitrogens with one attached hydrogen (secondary N) is 3. The van der Waals surface area contributed by atoms with E-state index in [9.17, 15) is 9.59 Å². The summed E-state index contributed by atoms with van der Waals surface area (Å²) in [5, 5.41) is 8.94. The minimum atomic E-state index is -0.302. The van der Waals surface area contributed by atoms with Crippen molar-refractivity contribution in [1.82, 2.24) is 10.6 Å². The highest BCUT2D eigenvalue weighted by Crippen LogP contribution is 2.23. The van der Waals surface area contributed by atoms with Crippen LogP contribution in [0.3, 0.4) is 0 Å². The number of hydrogen-bond donors (Lipinski definition) is 3. The second kappa shape index (κ2) is 8.43. The summed E-state index contributed by atoms with van der Waals surface area (Å²) in [5.41, 5.74) is 0.917. The van der Waals surface area contributed by atoms with Crippen molar-refractivity contribution in [3.63, 3.8) is 0 Å². The maximum Gasteiger partial charge on any atom is 0.251 e. The van der Waals surface area contributed by atoms with E-state index in [4.69, 9.17) is 12.2 Å². The molecule has 25 heavy (non-hydrogen) atoms. The van der Waals surface area contributed by atoms with Gasteiger partial charge in [0.2, 0.25) is 5.91 Å². The van der Waals surface area contributed by atoms with Gasteiger partial charge in [-0.15, -0.1) is 0 Å². The molecule has 0 saturated heterocycles. The third-order valence-electron chi connectivity index (χ3n) is 4.08. The molecule has 1 aromatic rings. The Morgan fingerprint density at radius 1 is 1.12 bits per heavy atom. The van der Waals surface area contributed by atoms with Crippen LogP contribution in [0.5, 0.6) is 0 Å². The molecule has 1 aliphatic rings. The summed E-state index contributed by atoms with van der Waals surface area (Å²) in [7, 11) is 0. The Balaban J connectivity index is 1.93. The second-order valence-corrected chi connectivity index (χ2v) is 7.97. The minimum absolute atomic E-state index is 0.0150. The maximum absolute atomic E-state index is 12.2. The summed E-state index contributed by atoms with van der Waals surface area (Å²) in [4.78, 5) is 24.5. The molecule has 2 rings (SSSR count). The van der Waals surface area contributed by atoms with Crippen molar-refractivity contribution in [3.8, 4) is 0 Å². The van der Waals surface area contributed by atoms with Crippen LogP contribution in [0, 0.1) is 5.92 Å². The molecule has 5 nitrogen and oxygen atoms in total. The van der Waals surface area contributed by atoms with Gasteiger partial charge in [0, 0.05) is 22.7 Å². The fourth-order valence-electron chi connectivity index (χ4n) is 2.89. The van der Waals surface area contributed by atoms with Gasteiger partial charge in [-0.25, -0.2) is 0 Å². The van der Waals surface area contributed by atoms with Gasteiger partial charge in [0.15, 0.2) is 5.11 Å². The van der Waals surface area contributed by atoms with E-state index in [1.54, 1.807) is 18.2 Å². The normalized spacial score (nSPS) is 15.3. The fraction of sp³-hybridized carbons (Fsp3) is 0.526. The Kier molecular flexibility index (Phi) is 6.53. The lowest BCUT2D eigenvalue weighted by Gasteiger charge is -2.21. The zero-order chi connectivity index (χ0) is 18.4. The molecule has 2 amide bonds. The van der Waals surface area contributed by atoms with Crippen molar-refractivity contribution < 1.29 is 9.59 Å². The van der Waals surface area contributed by atoms with Gasteiger partial charge < -0.3 is 16.0 Å². The first-order valence-corrected chi connectivity index (χ1v) is 9.20.